The predicted molar refractivity (Wildman–Crippen MR) is 121 cm³/mol. The lowest BCUT2D eigenvalue weighted by Crippen LogP contribution is -2.41. The van der Waals surface area contributed by atoms with E-state index in [2.05, 4.69) is 64.3 Å². The van der Waals surface area contributed by atoms with E-state index in [-0.39, 0.29) is 0 Å². The average molecular weight is 404 g/mol. The minimum Gasteiger partial charge on any atom is -0.357 e. The summed E-state index contributed by atoms with van der Waals surface area (Å²) in [5.41, 5.74) is 0. The Morgan fingerprint density at radius 2 is 2.00 bits per heavy atom. The molecule has 2 aliphatic heterocycles. The molecule has 0 aromatic heterocycles. The number of rotatable bonds is 7. The molecule has 0 bridgehead atoms. The summed E-state index contributed by atoms with van der Waals surface area (Å²) >= 11 is 1.99. The van der Waals surface area contributed by atoms with Gasteiger partial charge in [-0.1, -0.05) is 18.2 Å². The molecular weight excluding hydrogens is 366 g/mol. The first-order valence-electron chi connectivity index (χ1n) is 10.9. The molecule has 2 aliphatic rings. The van der Waals surface area contributed by atoms with Crippen LogP contribution < -0.4 is 5.32 Å². The molecule has 1 unspecified atom stereocenters. The summed E-state index contributed by atoms with van der Waals surface area (Å²) in [4.78, 5) is 13.8. The van der Waals surface area contributed by atoms with Crippen LogP contribution in [-0.2, 0) is 0 Å². The summed E-state index contributed by atoms with van der Waals surface area (Å²) in [6.45, 7) is 12.1. The number of nitrogens with one attached hydrogen (secondary N) is 1. The highest BCUT2D eigenvalue weighted by atomic mass is 32.2. The van der Waals surface area contributed by atoms with Crippen molar-refractivity contribution in [2.45, 2.75) is 24.7 Å². The molecule has 2 fully saturated rings. The van der Waals surface area contributed by atoms with Crippen LogP contribution in [0.5, 0.6) is 0 Å². The van der Waals surface area contributed by atoms with Crippen LogP contribution in [0.2, 0.25) is 0 Å². The maximum Gasteiger partial charge on any atom is 0.193 e. The first-order valence-corrected chi connectivity index (χ1v) is 11.8. The normalized spacial score (nSPS) is 22.4. The monoisotopic (exact) mass is 403 g/mol. The maximum absolute atomic E-state index is 4.96. The number of hydrogen-bond acceptors (Lipinski definition) is 4. The summed E-state index contributed by atoms with van der Waals surface area (Å²) < 4.78 is 0. The Morgan fingerprint density at radius 3 is 2.82 bits per heavy atom. The van der Waals surface area contributed by atoms with E-state index >= 15 is 0 Å². The van der Waals surface area contributed by atoms with Crippen molar-refractivity contribution in [3.8, 4) is 0 Å². The maximum atomic E-state index is 4.96. The van der Waals surface area contributed by atoms with Gasteiger partial charge in [-0.3, -0.25) is 4.99 Å². The largest absolute Gasteiger partial charge is 0.357 e. The van der Waals surface area contributed by atoms with E-state index in [1.54, 1.807) is 0 Å². The van der Waals surface area contributed by atoms with Crippen LogP contribution >= 0.6 is 11.8 Å². The fourth-order valence-corrected chi connectivity index (χ4v) is 4.99. The molecule has 3 rings (SSSR count). The SMILES string of the molecule is CCNC(=NCCN1CCCN(C)CC1)N1CCC(CSc2ccccc2)C1. The number of thioether (sulfide) groups is 1. The molecule has 1 atom stereocenters. The van der Waals surface area contributed by atoms with Gasteiger partial charge in [0.05, 0.1) is 6.54 Å². The zero-order valence-electron chi connectivity index (χ0n) is 17.6. The minimum absolute atomic E-state index is 0.746. The highest BCUT2D eigenvalue weighted by molar-refractivity contribution is 7.99. The number of nitrogens with zero attached hydrogens (tertiary/aromatic N) is 4. The number of likely N-dealkylation sites (tertiary alicyclic amines) is 1. The molecule has 0 spiro atoms. The Kier molecular flexibility index (Phi) is 8.96. The van der Waals surface area contributed by atoms with Crippen LogP contribution in [0, 0.1) is 5.92 Å². The highest BCUT2D eigenvalue weighted by Gasteiger charge is 2.25. The Morgan fingerprint density at radius 1 is 1.14 bits per heavy atom. The number of hydrogen-bond donors (Lipinski definition) is 1. The van der Waals surface area contributed by atoms with Crippen LogP contribution in [0.25, 0.3) is 0 Å². The highest BCUT2D eigenvalue weighted by Crippen LogP contribution is 2.25. The van der Waals surface area contributed by atoms with Gasteiger partial charge in [-0.15, -0.1) is 11.8 Å². The molecule has 1 aromatic carbocycles. The minimum atomic E-state index is 0.746. The number of guanidine groups is 1. The lowest BCUT2D eigenvalue weighted by Gasteiger charge is -2.23. The van der Waals surface area contributed by atoms with E-state index in [0.717, 1.165) is 44.6 Å². The smallest absolute Gasteiger partial charge is 0.193 e. The molecule has 5 nitrogen and oxygen atoms in total. The van der Waals surface area contributed by atoms with Crippen LogP contribution in [0.1, 0.15) is 19.8 Å². The van der Waals surface area contributed by atoms with Gasteiger partial charge in [-0.25, -0.2) is 0 Å². The summed E-state index contributed by atoms with van der Waals surface area (Å²) in [7, 11) is 2.23. The van der Waals surface area contributed by atoms with E-state index in [9.17, 15) is 0 Å². The number of likely N-dealkylation sites (N-methyl/N-ethyl adjacent to an activating group) is 1. The summed E-state index contributed by atoms with van der Waals surface area (Å²) in [6.07, 6.45) is 2.54. The fraction of sp³-hybridized carbons (Fsp3) is 0.682. The molecule has 156 valence electrons. The van der Waals surface area contributed by atoms with Crippen LogP contribution in [0.15, 0.2) is 40.2 Å². The van der Waals surface area contributed by atoms with Gasteiger partial charge in [0, 0.05) is 49.9 Å². The topological polar surface area (TPSA) is 34.1 Å². The predicted octanol–water partition coefficient (Wildman–Crippen LogP) is 2.70. The number of benzene rings is 1. The van der Waals surface area contributed by atoms with Crippen LogP contribution in [0.3, 0.4) is 0 Å². The molecule has 28 heavy (non-hydrogen) atoms. The molecule has 0 aliphatic carbocycles. The molecular formula is C22H37N5S. The summed E-state index contributed by atoms with van der Waals surface area (Å²) in [5, 5.41) is 3.52. The second-order valence-electron chi connectivity index (χ2n) is 7.96. The zero-order chi connectivity index (χ0) is 19.6. The van der Waals surface area contributed by atoms with Gasteiger partial charge >= 0.3 is 0 Å². The van der Waals surface area contributed by atoms with E-state index < -0.39 is 0 Å². The second kappa shape index (κ2) is 11.7. The van der Waals surface area contributed by atoms with Gasteiger partial charge < -0.3 is 20.0 Å². The van der Waals surface area contributed by atoms with Gasteiger partial charge in [-0.05, 0) is 58.0 Å². The van der Waals surface area contributed by atoms with Gasteiger partial charge in [-0.2, -0.15) is 0 Å². The van der Waals surface area contributed by atoms with Crippen molar-refractivity contribution in [3.05, 3.63) is 30.3 Å². The van der Waals surface area contributed by atoms with Gasteiger partial charge in [0.2, 0.25) is 0 Å². The Balaban J connectivity index is 1.44. The van der Waals surface area contributed by atoms with Gasteiger partial charge in [0.25, 0.3) is 0 Å². The molecule has 2 saturated heterocycles. The van der Waals surface area contributed by atoms with Gasteiger partial charge in [0.1, 0.15) is 0 Å². The molecule has 0 saturated carbocycles. The van der Waals surface area contributed by atoms with E-state index in [0.29, 0.717) is 0 Å². The first-order chi connectivity index (χ1) is 13.7. The van der Waals surface area contributed by atoms with Crippen molar-refractivity contribution in [3.63, 3.8) is 0 Å². The van der Waals surface area contributed by atoms with Crippen molar-refractivity contribution in [2.75, 3.05) is 71.7 Å². The third-order valence-corrected chi connectivity index (χ3v) is 6.88. The van der Waals surface area contributed by atoms with Crippen LogP contribution in [0.4, 0.5) is 0 Å². The molecule has 1 N–H and O–H groups in total. The lowest BCUT2D eigenvalue weighted by molar-refractivity contribution is 0.283. The molecule has 2 heterocycles. The Bertz CT molecular complexity index is 594. The fourth-order valence-electron chi connectivity index (χ4n) is 3.94. The average Bonchev–Trinajstić information content (AvgIpc) is 3.09. The quantitative estimate of drug-likeness (QED) is 0.430. The summed E-state index contributed by atoms with van der Waals surface area (Å²) in [6, 6.07) is 10.8. The number of aliphatic imine (C=N–C) groups is 1. The van der Waals surface area contributed by atoms with Crippen molar-refractivity contribution in [2.24, 2.45) is 10.9 Å². The third-order valence-electron chi connectivity index (χ3n) is 5.64. The lowest BCUT2D eigenvalue weighted by atomic mass is 10.2. The van der Waals surface area contributed by atoms with Crippen molar-refractivity contribution in [1.29, 1.82) is 0 Å². The van der Waals surface area contributed by atoms with Crippen molar-refractivity contribution in [1.82, 2.24) is 20.0 Å². The second-order valence-corrected chi connectivity index (χ2v) is 9.05. The van der Waals surface area contributed by atoms with E-state index in [1.807, 2.05) is 11.8 Å². The first kappa shape index (κ1) is 21.5. The standard InChI is InChI=1S/C22H37N5S/c1-3-23-22(24-11-15-26-13-7-12-25(2)16-17-26)27-14-10-20(18-27)19-28-21-8-5-4-6-9-21/h4-6,8-9,20H,3,7,10-19H2,1-2H3,(H,23,24). The molecule has 0 amide bonds. The van der Waals surface area contributed by atoms with Crippen molar-refractivity contribution < 1.29 is 0 Å². The molecule has 6 heteroatoms. The zero-order valence-corrected chi connectivity index (χ0v) is 18.5. The van der Waals surface area contributed by atoms with E-state index in [1.165, 1.54) is 49.7 Å². The Labute approximate surface area is 175 Å². The molecule has 1 aromatic rings. The van der Waals surface area contributed by atoms with E-state index in [4.69, 9.17) is 4.99 Å². The third kappa shape index (κ3) is 6.98. The van der Waals surface area contributed by atoms with Gasteiger partial charge in [0.15, 0.2) is 5.96 Å². The molecule has 0 radical (unpaired) electrons. The summed E-state index contributed by atoms with van der Waals surface area (Å²) in [5.74, 6) is 3.05. The van der Waals surface area contributed by atoms with Crippen molar-refractivity contribution >= 4 is 17.7 Å². The Hall–Kier alpha value is -1.24. The van der Waals surface area contributed by atoms with Crippen LogP contribution in [-0.4, -0.2) is 92.4 Å².